The number of rotatable bonds is 4. The van der Waals surface area contributed by atoms with Gasteiger partial charge in [0.05, 0.1) is 6.54 Å². The zero-order chi connectivity index (χ0) is 12.3. The first-order valence-corrected chi connectivity index (χ1v) is 4.75. The third-order valence-electron chi connectivity index (χ3n) is 1.97. The molecule has 1 atom stereocenters. The monoisotopic (exact) mass is 227 g/mol. The number of aryl methyl sites for hydroxylation is 1. The number of esters is 1. The molecule has 16 heavy (non-hydrogen) atoms. The van der Waals surface area contributed by atoms with Crippen molar-refractivity contribution in [3.63, 3.8) is 0 Å². The number of nitrogens with zero attached hydrogens (tertiary/aromatic N) is 3. The van der Waals surface area contributed by atoms with E-state index in [0.717, 1.165) is 0 Å². The van der Waals surface area contributed by atoms with E-state index in [1.807, 2.05) is 0 Å². The highest BCUT2D eigenvalue weighted by Crippen LogP contribution is 2.11. The van der Waals surface area contributed by atoms with Crippen LogP contribution in [0, 0.1) is 17.0 Å². The van der Waals surface area contributed by atoms with Crippen LogP contribution in [0.25, 0.3) is 0 Å². The lowest BCUT2D eigenvalue weighted by Crippen LogP contribution is -2.19. The van der Waals surface area contributed by atoms with Gasteiger partial charge in [-0.3, -0.25) is 4.79 Å². The molecule has 0 bridgehead atoms. The van der Waals surface area contributed by atoms with Crippen molar-refractivity contribution < 1.29 is 14.5 Å². The first-order chi connectivity index (χ1) is 7.40. The zero-order valence-electron chi connectivity index (χ0n) is 9.34. The Kier molecular flexibility index (Phi) is 3.60. The van der Waals surface area contributed by atoms with Crippen molar-refractivity contribution in [1.82, 2.24) is 9.55 Å². The van der Waals surface area contributed by atoms with Gasteiger partial charge in [-0.05, 0) is 16.8 Å². The average molecular weight is 227 g/mol. The summed E-state index contributed by atoms with van der Waals surface area (Å²) < 4.78 is 6.51. The predicted molar refractivity (Wildman–Crippen MR) is 54.8 cm³/mol. The summed E-state index contributed by atoms with van der Waals surface area (Å²) in [5, 5.41) is 10.5. The Labute approximate surface area is 92.2 Å². The van der Waals surface area contributed by atoms with E-state index in [-0.39, 0.29) is 17.9 Å². The minimum Gasteiger partial charge on any atom is -0.461 e. The summed E-state index contributed by atoms with van der Waals surface area (Å²) in [7, 11) is 0. The molecule has 0 aliphatic rings. The van der Waals surface area contributed by atoms with Gasteiger partial charge >= 0.3 is 11.8 Å². The molecular weight excluding hydrogens is 214 g/mol. The van der Waals surface area contributed by atoms with Crippen LogP contribution in [0.4, 0.5) is 5.82 Å². The van der Waals surface area contributed by atoms with E-state index >= 15 is 0 Å². The summed E-state index contributed by atoms with van der Waals surface area (Å²) in [5.41, 5.74) is 0. The highest BCUT2D eigenvalue weighted by atomic mass is 16.6. The van der Waals surface area contributed by atoms with Crippen LogP contribution in [0.1, 0.15) is 19.7 Å². The molecule has 0 aliphatic carbocycles. The largest absolute Gasteiger partial charge is 0.461 e. The van der Waals surface area contributed by atoms with Crippen molar-refractivity contribution in [2.75, 3.05) is 0 Å². The molecule has 7 heteroatoms. The molecule has 0 spiro atoms. The van der Waals surface area contributed by atoms with Gasteiger partial charge < -0.3 is 19.4 Å². The molecule has 0 amide bonds. The lowest BCUT2D eigenvalue weighted by Gasteiger charge is -2.11. The van der Waals surface area contributed by atoms with Crippen LogP contribution in [0.15, 0.2) is 6.20 Å². The van der Waals surface area contributed by atoms with Crippen LogP contribution in [0.3, 0.4) is 0 Å². The minimum absolute atomic E-state index is 0.201. The van der Waals surface area contributed by atoms with Crippen LogP contribution < -0.4 is 0 Å². The van der Waals surface area contributed by atoms with E-state index in [0.29, 0.717) is 12.4 Å². The normalized spacial score (nSPS) is 12.2. The summed E-state index contributed by atoms with van der Waals surface area (Å²) >= 11 is 0. The van der Waals surface area contributed by atoms with Crippen molar-refractivity contribution in [3.05, 3.63) is 22.1 Å². The van der Waals surface area contributed by atoms with Crippen LogP contribution >= 0.6 is 0 Å². The van der Waals surface area contributed by atoms with Gasteiger partial charge in [0.15, 0.2) is 0 Å². The van der Waals surface area contributed by atoms with Crippen molar-refractivity contribution in [3.8, 4) is 0 Å². The Morgan fingerprint density at radius 1 is 1.75 bits per heavy atom. The second-order valence-electron chi connectivity index (χ2n) is 3.48. The molecule has 1 unspecified atom stereocenters. The Hall–Kier alpha value is -1.92. The molecule has 88 valence electrons. The maximum atomic E-state index is 10.7. The Balaban J connectivity index is 2.73. The standard InChI is InChI=1S/C9H13N3O4/c1-6(16-8(3)13)4-11-5-9(12(14)15)10-7(11)2/h5-6H,4H2,1-3H3. The van der Waals surface area contributed by atoms with Gasteiger partial charge in [-0.25, -0.2) is 0 Å². The molecule has 7 nitrogen and oxygen atoms in total. The van der Waals surface area contributed by atoms with Crippen molar-refractivity contribution in [1.29, 1.82) is 0 Å². The predicted octanol–water partition coefficient (Wildman–Crippen LogP) is 1.05. The molecule has 0 radical (unpaired) electrons. The smallest absolute Gasteiger partial charge is 0.381 e. The van der Waals surface area contributed by atoms with Gasteiger partial charge in [-0.15, -0.1) is 0 Å². The van der Waals surface area contributed by atoms with Gasteiger partial charge in [-0.2, -0.15) is 0 Å². The highest BCUT2D eigenvalue weighted by Gasteiger charge is 2.17. The van der Waals surface area contributed by atoms with Crippen LogP contribution in [-0.4, -0.2) is 26.5 Å². The highest BCUT2D eigenvalue weighted by molar-refractivity contribution is 5.66. The first-order valence-electron chi connectivity index (χ1n) is 4.75. The number of imidazole rings is 1. The van der Waals surface area contributed by atoms with E-state index in [1.54, 1.807) is 18.4 Å². The molecule has 0 fully saturated rings. The van der Waals surface area contributed by atoms with Gasteiger partial charge in [0.25, 0.3) is 0 Å². The molecule has 1 aromatic heterocycles. The summed E-state index contributed by atoms with van der Waals surface area (Å²) in [6, 6.07) is 0. The fourth-order valence-electron chi connectivity index (χ4n) is 1.36. The maximum Gasteiger partial charge on any atom is 0.381 e. The molecule has 1 heterocycles. The van der Waals surface area contributed by atoms with Crippen molar-refractivity contribution in [2.24, 2.45) is 0 Å². The molecule has 1 aromatic rings. The lowest BCUT2D eigenvalue weighted by molar-refractivity contribution is -0.389. The van der Waals surface area contributed by atoms with Gasteiger partial charge in [0.2, 0.25) is 5.82 Å². The summed E-state index contributed by atoms with van der Waals surface area (Å²) in [5.74, 6) is -0.0574. The molecule has 0 saturated heterocycles. The molecule has 0 N–H and O–H groups in total. The number of ether oxygens (including phenoxy) is 1. The number of aromatic nitrogens is 2. The minimum atomic E-state index is -0.556. The second-order valence-corrected chi connectivity index (χ2v) is 3.48. The number of hydrogen-bond acceptors (Lipinski definition) is 5. The SMILES string of the molecule is CC(=O)OC(C)Cn1cc([N+](=O)[O-])nc1C. The molecular formula is C9H13N3O4. The first kappa shape index (κ1) is 12.2. The summed E-state index contributed by atoms with van der Waals surface area (Å²) in [4.78, 5) is 24.4. The Morgan fingerprint density at radius 2 is 2.38 bits per heavy atom. The fourth-order valence-corrected chi connectivity index (χ4v) is 1.36. The number of carbonyl (C=O) groups is 1. The van der Waals surface area contributed by atoms with Crippen molar-refractivity contribution >= 4 is 11.8 Å². The van der Waals surface area contributed by atoms with E-state index in [2.05, 4.69) is 4.98 Å². The van der Waals surface area contributed by atoms with E-state index in [1.165, 1.54) is 13.1 Å². The quantitative estimate of drug-likeness (QED) is 0.436. The fraction of sp³-hybridized carbons (Fsp3) is 0.556. The third-order valence-corrected chi connectivity index (χ3v) is 1.97. The van der Waals surface area contributed by atoms with Gasteiger partial charge in [-0.1, -0.05) is 0 Å². The number of carbonyl (C=O) groups excluding carboxylic acids is 1. The third kappa shape index (κ3) is 3.04. The second kappa shape index (κ2) is 4.73. The van der Waals surface area contributed by atoms with Gasteiger partial charge in [0.1, 0.15) is 12.3 Å². The maximum absolute atomic E-state index is 10.7. The van der Waals surface area contributed by atoms with Crippen molar-refractivity contribution in [2.45, 2.75) is 33.4 Å². The Bertz CT molecular complexity index is 413. The molecule has 1 rings (SSSR count). The molecule has 0 aromatic carbocycles. The number of nitro groups is 1. The van der Waals surface area contributed by atoms with Crippen LogP contribution in [-0.2, 0) is 16.1 Å². The summed E-state index contributed by atoms with van der Waals surface area (Å²) in [6.07, 6.45) is 0.986. The lowest BCUT2D eigenvalue weighted by atomic mass is 10.4. The summed E-state index contributed by atoms with van der Waals surface area (Å²) in [6.45, 7) is 5.05. The zero-order valence-corrected chi connectivity index (χ0v) is 9.34. The Morgan fingerprint density at radius 3 is 2.81 bits per heavy atom. The molecule has 0 saturated carbocycles. The molecule has 0 aliphatic heterocycles. The topological polar surface area (TPSA) is 87.3 Å². The average Bonchev–Trinajstić information content (AvgIpc) is 2.46. The van der Waals surface area contributed by atoms with Crippen LogP contribution in [0.5, 0.6) is 0 Å². The van der Waals surface area contributed by atoms with Crippen LogP contribution in [0.2, 0.25) is 0 Å². The van der Waals surface area contributed by atoms with E-state index < -0.39 is 4.92 Å². The van der Waals surface area contributed by atoms with E-state index in [4.69, 9.17) is 4.74 Å². The number of hydrogen-bond donors (Lipinski definition) is 0. The van der Waals surface area contributed by atoms with Gasteiger partial charge in [0, 0.05) is 13.8 Å². The van der Waals surface area contributed by atoms with E-state index in [9.17, 15) is 14.9 Å².